The van der Waals surface area contributed by atoms with Crippen LogP contribution in [0.5, 0.6) is 17.4 Å². The van der Waals surface area contributed by atoms with Crippen LogP contribution in [0, 0.1) is 11.3 Å². The third-order valence-corrected chi connectivity index (χ3v) is 4.32. The molecule has 2 N–H and O–H groups in total. The molecule has 0 saturated carbocycles. The van der Waals surface area contributed by atoms with Crippen LogP contribution in [0.3, 0.4) is 0 Å². The van der Waals surface area contributed by atoms with Gasteiger partial charge in [0, 0.05) is 31.0 Å². The van der Waals surface area contributed by atoms with Gasteiger partial charge in [-0.25, -0.2) is 4.98 Å². The Kier molecular flexibility index (Phi) is 5.40. The number of hydrogen-bond acceptors (Lipinski definition) is 8. The Balaban J connectivity index is 1.59. The molecule has 2 aromatic carbocycles. The number of ether oxygens (including phenoxy) is 3. The average Bonchev–Trinajstić information content (AvgIpc) is 2.93. The van der Waals surface area contributed by atoms with Gasteiger partial charge in [0.2, 0.25) is 5.88 Å². The molecule has 0 aliphatic carbocycles. The lowest BCUT2D eigenvalue weighted by Crippen LogP contribution is -2.05. The fourth-order valence-electron chi connectivity index (χ4n) is 2.90. The van der Waals surface area contributed by atoms with Gasteiger partial charge in [-0.15, -0.1) is 0 Å². The van der Waals surface area contributed by atoms with Crippen LogP contribution in [0.2, 0.25) is 0 Å². The predicted molar refractivity (Wildman–Crippen MR) is 108 cm³/mol. The van der Waals surface area contributed by atoms with Gasteiger partial charge in [0.1, 0.15) is 30.1 Å². The van der Waals surface area contributed by atoms with Crippen molar-refractivity contribution >= 4 is 17.2 Å². The summed E-state index contributed by atoms with van der Waals surface area (Å²) < 4.78 is 16.7. The fraction of sp³-hybridized carbons (Fsp3) is 0.190. The second-order valence-electron chi connectivity index (χ2n) is 6.29. The van der Waals surface area contributed by atoms with E-state index in [1.165, 1.54) is 6.33 Å². The first-order valence-corrected chi connectivity index (χ1v) is 9.05. The lowest BCUT2D eigenvalue weighted by Gasteiger charge is -2.13. The number of fused-ring (bicyclic) bond motifs is 2. The summed E-state index contributed by atoms with van der Waals surface area (Å²) in [5, 5.41) is 15.7. The summed E-state index contributed by atoms with van der Waals surface area (Å²) in [5.74, 6) is 2.34. The molecule has 0 unspecified atom stereocenters. The third kappa shape index (κ3) is 4.20. The molecule has 0 spiro atoms. The highest BCUT2D eigenvalue weighted by atomic mass is 16.5. The number of aromatic nitrogens is 2. The van der Waals surface area contributed by atoms with Crippen molar-refractivity contribution in [3.8, 4) is 23.4 Å². The Labute approximate surface area is 168 Å². The van der Waals surface area contributed by atoms with E-state index < -0.39 is 0 Å². The molecule has 0 atom stereocenters. The molecule has 29 heavy (non-hydrogen) atoms. The zero-order valence-corrected chi connectivity index (χ0v) is 15.8. The lowest BCUT2D eigenvalue weighted by atomic mass is 10.2. The van der Waals surface area contributed by atoms with Gasteiger partial charge >= 0.3 is 0 Å². The quantitative estimate of drug-likeness (QED) is 0.613. The number of rotatable bonds is 6. The number of methoxy groups -OCH3 is 1. The molecule has 1 aromatic heterocycles. The van der Waals surface area contributed by atoms with Gasteiger partial charge in [0.25, 0.3) is 0 Å². The van der Waals surface area contributed by atoms with E-state index in [2.05, 4.69) is 26.7 Å². The summed E-state index contributed by atoms with van der Waals surface area (Å²) in [4.78, 5) is 8.60. The van der Waals surface area contributed by atoms with Gasteiger partial charge < -0.3 is 24.8 Å². The summed E-state index contributed by atoms with van der Waals surface area (Å²) in [6.45, 7) is 1.51. The molecular weight excluding hydrogens is 370 g/mol. The third-order valence-electron chi connectivity index (χ3n) is 4.32. The van der Waals surface area contributed by atoms with E-state index >= 15 is 0 Å². The number of benzene rings is 2. The molecule has 0 bridgehead atoms. The minimum absolute atomic E-state index is 0.409. The minimum Gasteiger partial charge on any atom is -0.491 e. The zero-order chi connectivity index (χ0) is 20.1. The van der Waals surface area contributed by atoms with Crippen LogP contribution >= 0.6 is 0 Å². The standard InChI is InChI=1S/C21H19N5O3/c1-27-7-8-28-17-6-5-15-12-23-19-20(24-13-25-21(19)29-18(15)10-17)26-16-4-2-3-14(9-16)11-22/h2-6,9-10,13,23H,7-8,12H2,1H3,(H,24,25,26). The minimum atomic E-state index is 0.409. The van der Waals surface area contributed by atoms with Gasteiger partial charge in [-0.05, 0) is 30.3 Å². The second-order valence-corrected chi connectivity index (χ2v) is 6.29. The normalized spacial score (nSPS) is 11.7. The zero-order valence-electron chi connectivity index (χ0n) is 15.8. The molecule has 4 rings (SSSR count). The largest absolute Gasteiger partial charge is 0.491 e. The molecule has 2 heterocycles. The van der Waals surface area contributed by atoms with E-state index in [4.69, 9.17) is 19.5 Å². The second kappa shape index (κ2) is 8.46. The van der Waals surface area contributed by atoms with Crippen LogP contribution in [-0.2, 0) is 11.3 Å². The Morgan fingerprint density at radius 3 is 3.00 bits per heavy atom. The van der Waals surface area contributed by atoms with Gasteiger partial charge in [-0.1, -0.05) is 6.07 Å². The van der Waals surface area contributed by atoms with E-state index in [9.17, 15) is 0 Å². The van der Waals surface area contributed by atoms with Crippen LogP contribution in [0.1, 0.15) is 11.1 Å². The molecule has 8 heteroatoms. The molecule has 0 saturated heterocycles. The van der Waals surface area contributed by atoms with E-state index in [-0.39, 0.29) is 0 Å². The Bertz CT molecular complexity index is 1060. The highest BCUT2D eigenvalue weighted by Crippen LogP contribution is 2.39. The summed E-state index contributed by atoms with van der Waals surface area (Å²) >= 11 is 0. The maximum atomic E-state index is 9.10. The summed E-state index contributed by atoms with van der Waals surface area (Å²) in [6, 6.07) is 15.0. The Morgan fingerprint density at radius 1 is 1.21 bits per heavy atom. The highest BCUT2D eigenvalue weighted by Gasteiger charge is 2.20. The van der Waals surface area contributed by atoms with Crippen LogP contribution in [0.25, 0.3) is 0 Å². The number of nitrogens with zero attached hydrogens (tertiary/aromatic N) is 3. The smallest absolute Gasteiger partial charge is 0.248 e. The molecule has 0 radical (unpaired) electrons. The first-order chi connectivity index (χ1) is 14.3. The number of hydrogen-bond donors (Lipinski definition) is 2. The maximum absolute atomic E-state index is 9.10. The lowest BCUT2D eigenvalue weighted by molar-refractivity contribution is 0.146. The molecular formula is C21H19N5O3. The van der Waals surface area contributed by atoms with Crippen molar-refractivity contribution in [2.75, 3.05) is 31.0 Å². The topological polar surface area (TPSA) is 101 Å². The molecule has 8 nitrogen and oxygen atoms in total. The van der Waals surface area contributed by atoms with E-state index in [0.29, 0.717) is 54.2 Å². The van der Waals surface area contributed by atoms with Crippen molar-refractivity contribution in [2.24, 2.45) is 0 Å². The van der Waals surface area contributed by atoms with Crippen LogP contribution in [-0.4, -0.2) is 30.3 Å². The molecule has 146 valence electrons. The van der Waals surface area contributed by atoms with Crippen LogP contribution in [0.4, 0.5) is 17.2 Å². The molecule has 0 fully saturated rings. The van der Waals surface area contributed by atoms with Crippen molar-refractivity contribution < 1.29 is 14.2 Å². The molecule has 1 aliphatic heterocycles. The Morgan fingerprint density at radius 2 is 2.14 bits per heavy atom. The molecule has 3 aromatic rings. The van der Waals surface area contributed by atoms with Gasteiger partial charge in [-0.2, -0.15) is 10.2 Å². The van der Waals surface area contributed by atoms with Crippen molar-refractivity contribution in [3.05, 3.63) is 59.9 Å². The average molecular weight is 389 g/mol. The first-order valence-electron chi connectivity index (χ1n) is 9.05. The number of nitrogens with one attached hydrogen (secondary N) is 2. The van der Waals surface area contributed by atoms with E-state index in [1.807, 2.05) is 30.3 Å². The van der Waals surface area contributed by atoms with Crippen LogP contribution < -0.4 is 20.1 Å². The number of anilines is 3. The van der Waals surface area contributed by atoms with Crippen molar-refractivity contribution in [3.63, 3.8) is 0 Å². The van der Waals surface area contributed by atoms with Crippen molar-refractivity contribution in [1.29, 1.82) is 5.26 Å². The SMILES string of the molecule is COCCOc1ccc2c(c1)Oc1ncnc(Nc3cccc(C#N)c3)c1NC2. The molecule has 0 amide bonds. The molecule has 1 aliphatic rings. The van der Waals surface area contributed by atoms with Gasteiger partial charge in [0.05, 0.1) is 18.2 Å². The van der Waals surface area contributed by atoms with Gasteiger partial charge in [-0.3, -0.25) is 0 Å². The monoisotopic (exact) mass is 389 g/mol. The summed E-state index contributed by atoms with van der Waals surface area (Å²) in [7, 11) is 1.63. The first kappa shape index (κ1) is 18.5. The van der Waals surface area contributed by atoms with Crippen molar-refractivity contribution in [2.45, 2.75) is 6.54 Å². The number of nitriles is 1. The Hall–Kier alpha value is -3.83. The van der Waals surface area contributed by atoms with E-state index in [0.717, 1.165) is 11.3 Å². The van der Waals surface area contributed by atoms with Crippen molar-refractivity contribution in [1.82, 2.24) is 9.97 Å². The van der Waals surface area contributed by atoms with Crippen LogP contribution in [0.15, 0.2) is 48.8 Å². The highest BCUT2D eigenvalue weighted by molar-refractivity contribution is 5.76. The van der Waals surface area contributed by atoms with Gasteiger partial charge in [0.15, 0.2) is 5.82 Å². The maximum Gasteiger partial charge on any atom is 0.248 e. The summed E-state index contributed by atoms with van der Waals surface area (Å²) in [5.41, 5.74) is 2.93. The fourth-order valence-corrected chi connectivity index (χ4v) is 2.90. The predicted octanol–water partition coefficient (Wildman–Crippen LogP) is 3.83. The summed E-state index contributed by atoms with van der Waals surface area (Å²) in [6.07, 6.45) is 1.43. The van der Waals surface area contributed by atoms with E-state index in [1.54, 1.807) is 19.2 Å².